The first-order valence-electron chi connectivity index (χ1n) is 7.71. The van der Waals surface area contributed by atoms with Gasteiger partial charge in [0.2, 0.25) is 0 Å². The number of benzene rings is 1. The van der Waals surface area contributed by atoms with Gasteiger partial charge in [0, 0.05) is 18.4 Å². The van der Waals surface area contributed by atoms with Gasteiger partial charge in [-0.1, -0.05) is 12.1 Å². The van der Waals surface area contributed by atoms with E-state index < -0.39 is 5.97 Å². The number of para-hydroxylation sites is 1. The van der Waals surface area contributed by atoms with Crippen molar-refractivity contribution in [2.45, 2.75) is 25.9 Å². The Kier molecular flexibility index (Phi) is 4.87. The SMILES string of the molecule is CCOC(=O)c1n[nH]nc1-c1ccccc1OC1CCOCC1. The van der Waals surface area contributed by atoms with E-state index in [1.165, 1.54) is 0 Å². The highest BCUT2D eigenvalue weighted by molar-refractivity contribution is 5.94. The molecule has 1 aliphatic heterocycles. The van der Waals surface area contributed by atoms with Crippen LogP contribution in [-0.2, 0) is 9.47 Å². The molecule has 1 aliphatic rings. The van der Waals surface area contributed by atoms with Crippen molar-refractivity contribution in [3.8, 4) is 17.0 Å². The molecule has 0 saturated carbocycles. The predicted molar refractivity (Wildman–Crippen MR) is 82.2 cm³/mol. The van der Waals surface area contributed by atoms with Gasteiger partial charge in [0.1, 0.15) is 17.5 Å². The smallest absolute Gasteiger partial charge is 0.361 e. The summed E-state index contributed by atoms with van der Waals surface area (Å²) < 4.78 is 16.5. The fraction of sp³-hybridized carbons (Fsp3) is 0.438. The molecule has 0 aliphatic carbocycles. The Bertz CT molecular complexity index is 665. The molecular weight excluding hydrogens is 298 g/mol. The third kappa shape index (κ3) is 3.50. The Morgan fingerprint density at radius 3 is 2.87 bits per heavy atom. The Balaban J connectivity index is 1.88. The fourth-order valence-electron chi connectivity index (χ4n) is 2.50. The van der Waals surface area contributed by atoms with Crippen molar-refractivity contribution in [1.29, 1.82) is 0 Å². The number of H-pyrrole nitrogens is 1. The minimum Gasteiger partial charge on any atom is -0.490 e. The number of carbonyl (C=O) groups is 1. The number of hydrogen-bond acceptors (Lipinski definition) is 6. The molecule has 0 atom stereocenters. The molecule has 1 saturated heterocycles. The van der Waals surface area contributed by atoms with Crippen LogP contribution in [0.2, 0.25) is 0 Å². The zero-order valence-electron chi connectivity index (χ0n) is 12.9. The van der Waals surface area contributed by atoms with Crippen LogP contribution in [0.1, 0.15) is 30.3 Å². The highest BCUT2D eigenvalue weighted by Gasteiger charge is 2.23. The van der Waals surface area contributed by atoms with E-state index in [2.05, 4.69) is 15.4 Å². The first kappa shape index (κ1) is 15.5. The highest BCUT2D eigenvalue weighted by atomic mass is 16.5. The van der Waals surface area contributed by atoms with Gasteiger partial charge in [-0.05, 0) is 19.1 Å². The van der Waals surface area contributed by atoms with Crippen LogP contribution in [0.3, 0.4) is 0 Å². The maximum atomic E-state index is 12.0. The second kappa shape index (κ2) is 7.23. The van der Waals surface area contributed by atoms with E-state index in [0.717, 1.165) is 18.4 Å². The Morgan fingerprint density at radius 2 is 2.09 bits per heavy atom. The number of aromatic amines is 1. The van der Waals surface area contributed by atoms with Crippen molar-refractivity contribution in [1.82, 2.24) is 15.4 Å². The number of esters is 1. The van der Waals surface area contributed by atoms with Gasteiger partial charge in [0.25, 0.3) is 0 Å². The summed E-state index contributed by atoms with van der Waals surface area (Å²) in [5.74, 6) is 0.177. The van der Waals surface area contributed by atoms with Crippen molar-refractivity contribution in [2.75, 3.05) is 19.8 Å². The molecule has 1 N–H and O–H groups in total. The van der Waals surface area contributed by atoms with E-state index >= 15 is 0 Å². The second-order valence-electron chi connectivity index (χ2n) is 5.17. The molecule has 0 bridgehead atoms. The van der Waals surface area contributed by atoms with Crippen molar-refractivity contribution >= 4 is 5.97 Å². The van der Waals surface area contributed by atoms with Gasteiger partial charge in [-0.2, -0.15) is 10.3 Å². The van der Waals surface area contributed by atoms with Crippen molar-refractivity contribution in [3.63, 3.8) is 0 Å². The standard InChI is InChI=1S/C16H19N3O4/c1-2-22-16(20)15-14(17-19-18-15)12-5-3-4-6-13(12)23-11-7-9-21-10-8-11/h3-6,11H,2,7-10H2,1H3,(H,17,18,19). The molecule has 1 aromatic heterocycles. The maximum absolute atomic E-state index is 12.0. The van der Waals surface area contributed by atoms with E-state index in [-0.39, 0.29) is 18.4 Å². The Labute approximate surface area is 133 Å². The average Bonchev–Trinajstić information content (AvgIpc) is 3.06. The van der Waals surface area contributed by atoms with Crippen LogP contribution in [0.15, 0.2) is 24.3 Å². The number of carbonyl (C=O) groups excluding carboxylic acids is 1. The lowest BCUT2D eigenvalue weighted by atomic mass is 10.1. The summed E-state index contributed by atoms with van der Waals surface area (Å²) in [5, 5.41) is 10.5. The predicted octanol–water partition coefficient (Wildman–Crippen LogP) is 2.21. The third-order valence-electron chi connectivity index (χ3n) is 3.62. The van der Waals surface area contributed by atoms with Crippen molar-refractivity contribution < 1.29 is 19.0 Å². The monoisotopic (exact) mass is 317 g/mol. The van der Waals surface area contributed by atoms with Crippen LogP contribution >= 0.6 is 0 Å². The van der Waals surface area contributed by atoms with Crippen LogP contribution < -0.4 is 4.74 Å². The third-order valence-corrected chi connectivity index (χ3v) is 3.62. The normalized spacial score (nSPS) is 15.3. The van der Waals surface area contributed by atoms with Gasteiger partial charge in [-0.25, -0.2) is 4.79 Å². The molecule has 2 aromatic rings. The summed E-state index contributed by atoms with van der Waals surface area (Å²) in [7, 11) is 0. The number of rotatable bonds is 5. The molecule has 0 spiro atoms. The van der Waals surface area contributed by atoms with Gasteiger partial charge in [-0.15, -0.1) is 5.10 Å². The summed E-state index contributed by atoms with van der Waals surface area (Å²) in [4.78, 5) is 12.0. The van der Waals surface area contributed by atoms with Gasteiger partial charge in [-0.3, -0.25) is 0 Å². The highest BCUT2D eigenvalue weighted by Crippen LogP contribution is 2.32. The number of nitrogens with zero attached hydrogens (tertiary/aromatic N) is 2. The van der Waals surface area contributed by atoms with Crippen LogP contribution in [-0.4, -0.2) is 47.3 Å². The quantitative estimate of drug-likeness (QED) is 0.851. The average molecular weight is 317 g/mol. The molecule has 0 radical (unpaired) electrons. The molecule has 0 amide bonds. The molecule has 0 unspecified atom stereocenters. The van der Waals surface area contributed by atoms with Crippen molar-refractivity contribution in [2.24, 2.45) is 0 Å². The van der Waals surface area contributed by atoms with E-state index in [0.29, 0.717) is 24.7 Å². The molecule has 2 heterocycles. The van der Waals surface area contributed by atoms with Crippen LogP contribution in [0, 0.1) is 0 Å². The summed E-state index contributed by atoms with van der Waals surface area (Å²) in [6.45, 7) is 3.43. The fourth-order valence-corrected chi connectivity index (χ4v) is 2.50. The number of ether oxygens (including phenoxy) is 3. The van der Waals surface area contributed by atoms with Gasteiger partial charge < -0.3 is 14.2 Å². The molecule has 122 valence electrons. The minimum atomic E-state index is -0.503. The minimum absolute atomic E-state index is 0.0999. The zero-order chi connectivity index (χ0) is 16.1. The van der Waals surface area contributed by atoms with Gasteiger partial charge in [0.15, 0.2) is 5.69 Å². The summed E-state index contributed by atoms with van der Waals surface area (Å²) in [6.07, 6.45) is 1.79. The summed E-state index contributed by atoms with van der Waals surface area (Å²) in [6, 6.07) is 7.49. The maximum Gasteiger partial charge on any atom is 0.361 e. The molecule has 1 aromatic carbocycles. The molecule has 23 heavy (non-hydrogen) atoms. The molecule has 7 heteroatoms. The summed E-state index contributed by atoms with van der Waals surface area (Å²) >= 11 is 0. The number of nitrogens with one attached hydrogen (secondary N) is 1. The zero-order valence-corrected chi connectivity index (χ0v) is 12.9. The number of hydrogen-bond donors (Lipinski definition) is 1. The van der Waals surface area contributed by atoms with Crippen LogP contribution in [0.5, 0.6) is 5.75 Å². The van der Waals surface area contributed by atoms with E-state index in [1.54, 1.807) is 6.92 Å². The van der Waals surface area contributed by atoms with E-state index in [1.807, 2.05) is 24.3 Å². The lowest BCUT2D eigenvalue weighted by Crippen LogP contribution is -2.26. The van der Waals surface area contributed by atoms with Crippen LogP contribution in [0.25, 0.3) is 11.3 Å². The second-order valence-corrected chi connectivity index (χ2v) is 5.17. The first-order chi connectivity index (χ1) is 11.3. The lowest BCUT2D eigenvalue weighted by Gasteiger charge is -2.24. The largest absolute Gasteiger partial charge is 0.490 e. The molecular formula is C16H19N3O4. The number of aromatic nitrogens is 3. The van der Waals surface area contributed by atoms with E-state index in [4.69, 9.17) is 14.2 Å². The molecule has 3 rings (SSSR count). The first-order valence-corrected chi connectivity index (χ1v) is 7.71. The molecule has 7 nitrogen and oxygen atoms in total. The Hall–Kier alpha value is -2.41. The van der Waals surface area contributed by atoms with Gasteiger partial charge in [0.05, 0.1) is 19.8 Å². The van der Waals surface area contributed by atoms with Crippen molar-refractivity contribution in [3.05, 3.63) is 30.0 Å². The Morgan fingerprint density at radius 1 is 1.30 bits per heavy atom. The van der Waals surface area contributed by atoms with E-state index in [9.17, 15) is 4.79 Å². The van der Waals surface area contributed by atoms with Crippen LogP contribution in [0.4, 0.5) is 0 Å². The topological polar surface area (TPSA) is 86.3 Å². The lowest BCUT2D eigenvalue weighted by molar-refractivity contribution is 0.0258. The van der Waals surface area contributed by atoms with Gasteiger partial charge >= 0.3 is 5.97 Å². The summed E-state index contributed by atoms with van der Waals surface area (Å²) in [5.41, 5.74) is 1.32. The molecule has 1 fully saturated rings.